The zero-order chi connectivity index (χ0) is 20.3. The van der Waals surface area contributed by atoms with E-state index in [1.165, 1.54) is 11.1 Å². The fourth-order valence-corrected chi connectivity index (χ4v) is 5.73. The van der Waals surface area contributed by atoms with E-state index in [-0.39, 0.29) is 17.6 Å². The number of hydrogen-bond acceptors (Lipinski definition) is 3. The summed E-state index contributed by atoms with van der Waals surface area (Å²) in [5, 5.41) is 0. The number of rotatable bonds is 7. The topological polar surface area (TPSA) is 35.5 Å². The molecule has 26 heavy (non-hydrogen) atoms. The van der Waals surface area contributed by atoms with Crippen LogP contribution in [0.5, 0.6) is 0 Å². The molecule has 0 radical (unpaired) electrons. The molecule has 0 aromatic carbocycles. The van der Waals surface area contributed by atoms with Crippen LogP contribution in [0.15, 0.2) is 34.9 Å². The lowest BCUT2D eigenvalue weighted by molar-refractivity contribution is -0.104. The molecule has 0 spiro atoms. The van der Waals surface area contributed by atoms with Gasteiger partial charge in [-0.05, 0) is 87.8 Å². The SMILES string of the molecule is CC1=C(/C=C/C(C)=C/C=O)C(C)(C)C[C@H](O[Si](C)(C)C)[C@@H]1O[Si](C)(C)C. The number of carbonyl (C=O) groups is 1. The molecule has 1 aliphatic rings. The van der Waals surface area contributed by atoms with Gasteiger partial charge in [0.25, 0.3) is 0 Å². The number of hydrogen-bond donors (Lipinski definition) is 0. The Morgan fingerprint density at radius 1 is 1.08 bits per heavy atom. The van der Waals surface area contributed by atoms with Gasteiger partial charge in [0.05, 0.1) is 12.2 Å². The average molecular weight is 395 g/mol. The molecule has 0 unspecified atom stereocenters. The summed E-state index contributed by atoms with van der Waals surface area (Å²) < 4.78 is 13.2. The molecule has 2 atom stereocenters. The second-order valence-corrected chi connectivity index (χ2v) is 18.9. The van der Waals surface area contributed by atoms with Gasteiger partial charge in [0.15, 0.2) is 16.6 Å². The first kappa shape index (κ1) is 23.3. The van der Waals surface area contributed by atoms with Gasteiger partial charge >= 0.3 is 0 Å². The van der Waals surface area contributed by atoms with Gasteiger partial charge < -0.3 is 8.85 Å². The molecule has 0 amide bonds. The van der Waals surface area contributed by atoms with Gasteiger partial charge in [-0.3, -0.25) is 4.79 Å². The quantitative estimate of drug-likeness (QED) is 0.234. The number of allylic oxidation sites excluding steroid dienone is 5. The highest BCUT2D eigenvalue weighted by Crippen LogP contribution is 2.44. The molecule has 0 N–H and O–H groups in total. The van der Waals surface area contributed by atoms with E-state index in [9.17, 15) is 4.79 Å². The third-order valence-corrected chi connectivity index (χ3v) is 6.43. The maximum atomic E-state index is 10.7. The minimum Gasteiger partial charge on any atom is -0.412 e. The molecule has 0 heterocycles. The van der Waals surface area contributed by atoms with Crippen LogP contribution in [0.3, 0.4) is 0 Å². The fourth-order valence-electron chi connectivity index (χ4n) is 3.52. The maximum Gasteiger partial charge on any atom is 0.184 e. The molecular weight excluding hydrogens is 356 g/mol. The summed E-state index contributed by atoms with van der Waals surface area (Å²) in [7, 11) is -3.39. The second kappa shape index (κ2) is 8.50. The minimum absolute atomic E-state index is 0.00561. The van der Waals surface area contributed by atoms with Crippen LogP contribution < -0.4 is 0 Å². The first-order chi connectivity index (χ1) is 11.7. The largest absolute Gasteiger partial charge is 0.412 e. The van der Waals surface area contributed by atoms with E-state index in [1.807, 2.05) is 13.0 Å². The zero-order valence-corrected chi connectivity index (χ0v) is 20.4. The van der Waals surface area contributed by atoms with Crippen LogP contribution in [0.4, 0.5) is 0 Å². The summed E-state index contributed by atoms with van der Waals surface area (Å²) in [5.41, 5.74) is 3.53. The van der Waals surface area contributed by atoms with Crippen LogP contribution >= 0.6 is 0 Å². The second-order valence-electron chi connectivity index (χ2n) is 9.98. The Labute approximate surface area is 162 Å². The standard InChI is InChI=1S/C21H38O3Si2/c1-16(13-14-22)11-12-18-17(2)20(24-26(8,9)10)19(15-21(18,3)4)23-25(5,6)7/h11-14,19-20H,15H2,1-10H3/b12-11+,16-13+/t19-,20+/m0/s1. The Hall–Kier alpha value is -0.756. The molecule has 0 aromatic heterocycles. The van der Waals surface area contributed by atoms with Gasteiger partial charge in [-0.25, -0.2) is 0 Å². The molecule has 3 nitrogen and oxygen atoms in total. The van der Waals surface area contributed by atoms with Crippen LogP contribution in [-0.4, -0.2) is 35.1 Å². The summed E-state index contributed by atoms with van der Waals surface area (Å²) >= 11 is 0. The molecule has 0 fully saturated rings. The predicted octanol–water partition coefficient (Wildman–Crippen LogP) is 5.87. The number of carbonyl (C=O) groups excluding carboxylic acids is 1. The Balaban J connectivity index is 3.37. The van der Waals surface area contributed by atoms with E-state index in [0.717, 1.165) is 18.3 Å². The van der Waals surface area contributed by atoms with Crippen molar-refractivity contribution in [2.75, 3.05) is 0 Å². The van der Waals surface area contributed by atoms with Gasteiger partial charge in [0.1, 0.15) is 6.29 Å². The highest BCUT2D eigenvalue weighted by molar-refractivity contribution is 6.70. The summed E-state index contributed by atoms with van der Waals surface area (Å²) in [4.78, 5) is 10.7. The van der Waals surface area contributed by atoms with E-state index < -0.39 is 16.6 Å². The first-order valence-corrected chi connectivity index (χ1v) is 16.3. The Morgan fingerprint density at radius 3 is 2.08 bits per heavy atom. The highest BCUT2D eigenvalue weighted by Gasteiger charge is 2.42. The van der Waals surface area contributed by atoms with E-state index in [1.54, 1.807) is 6.08 Å². The van der Waals surface area contributed by atoms with Crippen molar-refractivity contribution < 1.29 is 13.6 Å². The van der Waals surface area contributed by atoms with Crippen LogP contribution in [0.1, 0.15) is 34.1 Å². The van der Waals surface area contributed by atoms with Gasteiger partial charge in [0, 0.05) is 0 Å². The van der Waals surface area contributed by atoms with Crippen molar-refractivity contribution in [2.45, 2.75) is 85.6 Å². The molecule has 1 rings (SSSR count). The van der Waals surface area contributed by atoms with E-state index in [2.05, 4.69) is 66.1 Å². The zero-order valence-electron chi connectivity index (χ0n) is 18.4. The monoisotopic (exact) mass is 394 g/mol. The van der Waals surface area contributed by atoms with Gasteiger partial charge in [0.2, 0.25) is 0 Å². The molecule has 0 saturated carbocycles. The number of aldehydes is 1. The molecule has 0 saturated heterocycles. The predicted molar refractivity (Wildman–Crippen MR) is 116 cm³/mol. The lowest BCUT2D eigenvalue weighted by Crippen LogP contribution is -2.50. The maximum absolute atomic E-state index is 10.7. The van der Waals surface area contributed by atoms with Gasteiger partial charge in [-0.15, -0.1) is 0 Å². The third-order valence-electron chi connectivity index (χ3n) is 4.46. The Kier molecular flexibility index (Phi) is 7.62. The molecule has 0 aromatic rings. The van der Waals surface area contributed by atoms with Crippen molar-refractivity contribution in [3.63, 3.8) is 0 Å². The summed E-state index contributed by atoms with van der Waals surface area (Å²) in [6.45, 7) is 22.1. The minimum atomic E-state index is -1.72. The van der Waals surface area contributed by atoms with E-state index in [4.69, 9.17) is 8.85 Å². The molecule has 148 valence electrons. The van der Waals surface area contributed by atoms with Crippen LogP contribution in [-0.2, 0) is 13.6 Å². The van der Waals surface area contributed by atoms with Crippen molar-refractivity contribution in [2.24, 2.45) is 5.41 Å². The Morgan fingerprint density at radius 2 is 1.62 bits per heavy atom. The van der Waals surface area contributed by atoms with Crippen molar-refractivity contribution in [3.8, 4) is 0 Å². The molecule has 0 bridgehead atoms. The average Bonchev–Trinajstić information content (AvgIpc) is 2.40. The lowest BCUT2D eigenvalue weighted by atomic mass is 9.70. The van der Waals surface area contributed by atoms with Crippen LogP contribution in [0.2, 0.25) is 39.3 Å². The summed E-state index contributed by atoms with van der Waals surface area (Å²) in [5.74, 6) is 0. The molecule has 5 heteroatoms. The van der Waals surface area contributed by atoms with E-state index >= 15 is 0 Å². The first-order valence-electron chi connectivity index (χ1n) is 9.53. The van der Waals surface area contributed by atoms with Crippen LogP contribution in [0, 0.1) is 5.41 Å². The summed E-state index contributed by atoms with van der Waals surface area (Å²) in [6, 6.07) is 0. The highest BCUT2D eigenvalue weighted by atomic mass is 28.4. The van der Waals surface area contributed by atoms with Crippen molar-refractivity contribution in [1.82, 2.24) is 0 Å². The van der Waals surface area contributed by atoms with Gasteiger partial charge in [-0.1, -0.05) is 26.0 Å². The van der Waals surface area contributed by atoms with Gasteiger partial charge in [-0.2, -0.15) is 0 Å². The third kappa shape index (κ3) is 7.10. The molecular formula is C21H38O3Si2. The fraction of sp³-hybridized carbons (Fsp3) is 0.667. The normalized spacial score (nSPS) is 25.1. The molecule has 1 aliphatic carbocycles. The van der Waals surface area contributed by atoms with Crippen molar-refractivity contribution in [3.05, 3.63) is 34.9 Å². The van der Waals surface area contributed by atoms with Crippen LogP contribution in [0.25, 0.3) is 0 Å². The van der Waals surface area contributed by atoms with E-state index in [0.29, 0.717) is 0 Å². The lowest BCUT2D eigenvalue weighted by Gasteiger charge is -2.46. The smallest absolute Gasteiger partial charge is 0.184 e. The Bertz CT molecular complexity index is 602. The molecule has 0 aliphatic heterocycles. The van der Waals surface area contributed by atoms with Crippen molar-refractivity contribution in [1.29, 1.82) is 0 Å². The van der Waals surface area contributed by atoms with Crippen molar-refractivity contribution >= 4 is 22.9 Å². The summed E-state index contributed by atoms with van der Waals surface area (Å²) in [6.07, 6.45) is 7.68.